The number of fused-ring (bicyclic) bond motifs is 2. The van der Waals surface area contributed by atoms with Gasteiger partial charge in [0.25, 0.3) is 5.78 Å². The lowest BCUT2D eigenvalue weighted by molar-refractivity contribution is 0.881. The van der Waals surface area contributed by atoms with Crippen LogP contribution in [-0.2, 0) is 13.0 Å². The topological polar surface area (TPSA) is 80.9 Å². The minimum atomic E-state index is 0.492. The van der Waals surface area contributed by atoms with Crippen molar-refractivity contribution < 1.29 is 0 Å². The van der Waals surface area contributed by atoms with Crippen LogP contribution in [0.25, 0.3) is 16.0 Å². The SMILES string of the molecule is CCc1cc2c(NCc3nc4ncccn4n3)nc(C)nc2s1. The molecule has 4 heterocycles. The average Bonchev–Trinajstić information content (AvgIpc) is 3.15. The second kappa shape index (κ2) is 5.54. The highest BCUT2D eigenvalue weighted by Crippen LogP contribution is 2.29. The normalized spacial score (nSPS) is 11.4. The minimum Gasteiger partial charge on any atom is -0.362 e. The van der Waals surface area contributed by atoms with Crippen LogP contribution in [0.5, 0.6) is 0 Å². The summed E-state index contributed by atoms with van der Waals surface area (Å²) in [6.45, 7) is 4.54. The zero-order valence-electron chi connectivity index (χ0n) is 12.8. The first kappa shape index (κ1) is 14.0. The molecular formula is C15H15N7S. The van der Waals surface area contributed by atoms with Gasteiger partial charge in [0.05, 0.1) is 11.9 Å². The molecule has 0 amide bonds. The number of nitrogens with zero attached hydrogens (tertiary/aromatic N) is 6. The predicted molar refractivity (Wildman–Crippen MR) is 89.6 cm³/mol. The van der Waals surface area contributed by atoms with E-state index in [1.54, 1.807) is 22.0 Å². The predicted octanol–water partition coefficient (Wildman–Crippen LogP) is 2.61. The van der Waals surface area contributed by atoms with E-state index in [4.69, 9.17) is 0 Å². The molecule has 0 aliphatic rings. The van der Waals surface area contributed by atoms with Crippen LogP contribution >= 0.6 is 11.3 Å². The van der Waals surface area contributed by atoms with Gasteiger partial charge in [-0.1, -0.05) is 6.92 Å². The summed E-state index contributed by atoms with van der Waals surface area (Å²) in [5.74, 6) is 2.86. The Kier molecular flexibility index (Phi) is 3.38. The summed E-state index contributed by atoms with van der Waals surface area (Å²) in [6, 6.07) is 3.98. The number of rotatable bonds is 4. The molecule has 8 heteroatoms. The highest BCUT2D eigenvalue weighted by atomic mass is 32.1. The first-order chi connectivity index (χ1) is 11.2. The van der Waals surface area contributed by atoms with E-state index in [2.05, 4.69) is 43.3 Å². The van der Waals surface area contributed by atoms with E-state index in [1.807, 2.05) is 19.2 Å². The van der Waals surface area contributed by atoms with Crippen LogP contribution in [0.2, 0.25) is 0 Å². The number of aryl methyl sites for hydroxylation is 2. The molecule has 0 fully saturated rings. The van der Waals surface area contributed by atoms with Crippen LogP contribution in [0.15, 0.2) is 24.5 Å². The van der Waals surface area contributed by atoms with Gasteiger partial charge < -0.3 is 5.32 Å². The van der Waals surface area contributed by atoms with Gasteiger partial charge in [-0.15, -0.1) is 16.4 Å². The zero-order chi connectivity index (χ0) is 15.8. The van der Waals surface area contributed by atoms with E-state index in [0.717, 1.165) is 28.3 Å². The van der Waals surface area contributed by atoms with Gasteiger partial charge in [0.2, 0.25) is 0 Å². The van der Waals surface area contributed by atoms with Gasteiger partial charge in [0, 0.05) is 17.3 Å². The van der Waals surface area contributed by atoms with E-state index in [9.17, 15) is 0 Å². The number of nitrogens with one attached hydrogen (secondary N) is 1. The maximum atomic E-state index is 4.52. The lowest BCUT2D eigenvalue weighted by Crippen LogP contribution is -2.05. The molecular weight excluding hydrogens is 310 g/mol. The molecule has 0 aromatic carbocycles. The molecule has 0 saturated heterocycles. The number of thiophene rings is 1. The van der Waals surface area contributed by atoms with Crippen molar-refractivity contribution in [2.24, 2.45) is 0 Å². The Bertz CT molecular complexity index is 955. The summed E-state index contributed by atoms with van der Waals surface area (Å²) >= 11 is 1.71. The fourth-order valence-corrected chi connectivity index (χ4v) is 3.41. The van der Waals surface area contributed by atoms with Gasteiger partial charge in [-0.25, -0.2) is 19.5 Å². The Morgan fingerprint density at radius 3 is 3.00 bits per heavy atom. The fraction of sp³-hybridized carbons (Fsp3) is 0.267. The van der Waals surface area contributed by atoms with Crippen molar-refractivity contribution in [2.45, 2.75) is 26.8 Å². The molecule has 4 aromatic rings. The third kappa shape index (κ3) is 2.61. The van der Waals surface area contributed by atoms with Crippen molar-refractivity contribution in [1.82, 2.24) is 29.5 Å². The van der Waals surface area contributed by atoms with Crippen LogP contribution in [-0.4, -0.2) is 29.5 Å². The molecule has 23 heavy (non-hydrogen) atoms. The largest absolute Gasteiger partial charge is 0.362 e. The van der Waals surface area contributed by atoms with Crippen molar-refractivity contribution in [1.29, 1.82) is 0 Å². The summed E-state index contributed by atoms with van der Waals surface area (Å²) in [4.78, 5) is 19.9. The van der Waals surface area contributed by atoms with Crippen molar-refractivity contribution >= 4 is 33.1 Å². The molecule has 4 aromatic heterocycles. The second-order valence-corrected chi connectivity index (χ2v) is 6.27. The molecule has 0 aliphatic carbocycles. The molecule has 0 atom stereocenters. The molecule has 0 aliphatic heterocycles. The molecule has 0 radical (unpaired) electrons. The Balaban J connectivity index is 1.65. The van der Waals surface area contributed by atoms with Gasteiger partial charge in [0.15, 0.2) is 5.82 Å². The summed E-state index contributed by atoms with van der Waals surface area (Å²) < 4.78 is 1.66. The van der Waals surface area contributed by atoms with Crippen molar-refractivity contribution in [3.8, 4) is 0 Å². The molecule has 7 nitrogen and oxygen atoms in total. The quantitative estimate of drug-likeness (QED) is 0.621. The Hall–Kier alpha value is -2.61. The standard InChI is InChI=1S/C15H15N7S/c1-3-10-7-11-13(18-9(2)19-14(11)23-10)17-8-12-20-15-16-5-4-6-22(15)21-12/h4-7H,3,8H2,1-2H3,(H,17,18,19). The number of aromatic nitrogens is 6. The third-order valence-electron chi connectivity index (χ3n) is 3.48. The van der Waals surface area contributed by atoms with Gasteiger partial charge in [-0.2, -0.15) is 4.98 Å². The van der Waals surface area contributed by atoms with Crippen LogP contribution in [0.4, 0.5) is 5.82 Å². The molecule has 0 spiro atoms. The van der Waals surface area contributed by atoms with Crippen LogP contribution in [0.3, 0.4) is 0 Å². The lowest BCUT2D eigenvalue weighted by atomic mass is 10.3. The molecule has 0 unspecified atom stereocenters. The molecule has 0 bridgehead atoms. The summed E-state index contributed by atoms with van der Waals surface area (Å²) in [5, 5.41) is 8.78. The minimum absolute atomic E-state index is 0.492. The first-order valence-electron chi connectivity index (χ1n) is 7.40. The Labute approximate surface area is 136 Å². The lowest BCUT2D eigenvalue weighted by Gasteiger charge is -2.05. The molecule has 116 valence electrons. The van der Waals surface area contributed by atoms with E-state index in [-0.39, 0.29) is 0 Å². The second-order valence-electron chi connectivity index (χ2n) is 5.15. The first-order valence-corrected chi connectivity index (χ1v) is 8.22. The molecule has 0 saturated carbocycles. The van der Waals surface area contributed by atoms with Crippen molar-refractivity contribution in [3.63, 3.8) is 0 Å². The van der Waals surface area contributed by atoms with Crippen LogP contribution < -0.4 is 5.32 Å². The van der Waals surface area contributed by atoms with Crippen LogP contribution in [0.1, 0.15) is 23.4 Å². The molecule has 4 rings (SSSR count). The monoisotopic (exact) mass is 325 g/mol. The van der Waals surface area contributed by atoms with Gasteiger partial charge >= 0.3 is 0 Å². The maximum Gasteiger partial charge on any atom is 0.252 e. The smallest absolute Gasteiger partial charge is 0.252 e. The number of hydrogen-bond acceptors (Lipinski definition) is 7. The summed E-state index contributed by atoms with van der Waals surface area (Å²) in [6.07, 6.45) is 4.54. The van der Waals surface area contributed by atoms with Crippen molar-refractivity contribution in [3.05, 3.63) is 41.1 Å². The highest BCUT2D eigenvalue weighted by Gasteiger charge is 2.11. The highest BCUT2D eigenvalue weighted by molar-refractivity contribution is 7.18. The average molecular weight is 325 g/mol. The van der Waals surface area contributed by atoms with E-state index < -0.39 is 0 Å². The maximum absolute atomic E-state index is 4.52. The summed E-state index contributed by atoms with van der Waals surface area (Å²) in [7, 11) is 0. The fourth-order valence-electron chi connectivity index (χ4n) is 2.40. The van der Waals surface area contributed by atoms with E-state index in [1.165, 1.54) is 4.88 Å². The van der Waals surface area contributed by atoms with Gasteiger partial charge in [-0.05, 0) is 25.5 Å². The van der Waals surface area contributed by atoms with Crippen molar-refractivity contribution in [2.75, 3.05) is 5.32 Å². The van der Waals surface area contributed by atoms with Gasteiger partial charge in [-0.3, -0.25) is 0 Å². The third-order valence-corrected chi connectivity index (χ3v) is 4.65. The van der Waals surface area contributed by atoms with E-state index in [0.29, 0.717) is 18.1 Å². The Morgan fingerprint density at radius 1 is 1.26 bits per heavy atom. The zero-order valence-corrected chi connectivity index (χ0v) is 13.6. The Morgan fingerprint density at radius 2 is 2.17 bits per heavy atom. The summed E-state index contributed by atoms with van der Waals surface area (Å²) in [5.41, 5.74) is 0. The van der Waals surface area contributed by atoms with E-state index >= 15 is 0 Å². The van der Waals surface area contributed by atoms with Gasteiger partial charge in [0.1, 0.15) is 16.5 Å². The molecule has 1 N–H and O–H groups in total. The number of hydrogen-bond donors (Lipinski definition) is 1. The van der Waals surface area contributed by atoms with Crippen LogP contribution in [0, 0.1) is 6.92 Å². The number of anilines is 1.